The van der Waals surface area contributed by atoms with Crippen molar-refractivity contribution < 1.29 is 14.3 Å². The van der Waals surface area contributed by atoms with Gasteiger partial charge in [0.05, 0.1) is 13.7 Å². The number of amides is 1. The van der Waals surface area contributed by atoms with Gasteiger partial charge in [-0.05, 0) is 24.1 Å². The highest BCUT2D eigenvalue weighted by Crippen LogP contribution is 2.18. The summed E-state index contributed by atoms with van der Waals surface area (Å²) in [5.41, 5.74) is 7.24. The van der Waals surface area contributed by atoms with E-state index in [-0.39, 0.29) is 6.61 Å². The molecule has 0 aliphatic heterocycles. The molecular weight excluding hydrogens is 232 g/mol. The largest absolute Gasteiger partial charge is 0.496 e. The standard InChI is InChI=1S/C13H20N2O3/c1-10-7-11(3-4-12(10)17-2)8-15-5-6-18-9-13(14)16/h3-4,7,15H,5-6,8-9H2,1-2H3,(H2,14,16). The summed E-state index contributed by atoms with van der Waals surface area (Å²) in [5, 5.41) is 3.22. The Kier molecular flexibility index (Phi) is 6.18. The first kappa shape index (κ1) is 14.5. The van der Waals surface area contributed by atoms with Crippen molar-refractivity contribution >= 4 is 5.91 Å². The predicted molar refractivity (Wildman–Crippen MR) is 69.5 cm³/mol. The number of nitrogens with two attached hydrogens (primary N) is 1. The summed E-state index contributed by atoms with van der Waals surface area (Å²) in [6.07, 6.45) is 0. The number of carbonyl (C=O) groups excluding carboxylic acids is 1. The van der Waals surface area contributed by atoms with Gasteiger partial charge in [0.1, 0.15) is 12.4 Å². The van der Waals surface area contributed by atoms with Crippen LogP contribution in [0.2, 0.25) is 0 Å². The van der Waals surface area contributed by atoms with Crippen LogP contribution < -0.4 is 15.8 Å². The van der Waals surface area contributed by atoms with Gasteiger partial charge in [-0.1, -0.05) is 12.1 Å². The van der Waals surface area contributed by atoms with Crippen LogP contribution in [0.3, 0.4) is 0 Å². The van der Waals surface area contributed by atoms with E-state index in [1.807, 2.05) is 19.1 Å². The number of primary amides is 1. The Morgan fingerprint density at radius 3 is 2.83 bits per heavy atom. The van der Waals surface area contributed by atoms with Crippen molar-refractivity contribution in [2.75, 3.05) is 26.9 Å². The van der Waals surface area contributed by atoms with E-state index in [9.17, 15) is 4.79 Å². The van der Waals surface area contributed by atoms with Gasteiger partial charge in [0.2, 0.25) is 5.91 Å². The normalized spacial score (nSPS) is 10.3. The fraction of sp³-hybridized carbons (Fsp3) is 0.462. The van der Waals surface area contributed by atoms with Gasteiger partial charge in [-0.15, -0.1) is 0 Å². The molecule has 18 heavy (non-hydrogen) atoms. The molecule has 100 valence electrons. The molecule has 0 bridgehead atoms. The molecule has 5 nitrogen and oxygen atoms in total. The molecule has 0 aromatic heterocycles. The Bertz CT molecular complexity index is 394. The Morgan fingerprint density at radius 2 is 2.22 bits per heavy atom. The lowest BCUT2D eigenvalue weighted by molar-refractivity contribution is -0.122. The molecule has 3 N–H and O–H groups in total. The Balaban J connectivity index is 2.23. The summed E-state index contributed by atoms with van der Waals surface area (Å²) in [5.74, 6) is 0.448. The highest BCUT2D eigenvalue weighted by Gasteiger charge is 1.99. The summed E-state index contributed by atoms with van der Waals surface area (Å²) in [6, 6.07) is 6.05. The second kappa shape index (κ2) is 7.68. The minimum absolute atomic E-state index is 0.0245. The van der Waals surface area contributed by atoms with Crippen LogP contribution in [0.25, 0.3) is 0 Å². The first-order chi connectivity index (χ1) is 8.63. The molecule has 1 aromatic carbocycles. The van der Waals surface area contributed by atoms with E-state index in [0.717, 1.165) is 17.9 Å². The third kappa shape index (κ3) is 5.16. The van der Waals surface area contributed by atoms with Crippen LogP contribution in [-0.2, 0) is 16.1 Å². The fourth-order valence-corrected chi connectivity index (χ4v) is 1.60. The topological polar surface area (TPSA) is 73.6 Å². The van der Waals surface area contributed by atoms with E-state index in [1.165, 1.54) is 5.56 Å². The van der Waals surface area contributed by atoms with Crippen molar-refractivity contribution in [3.8, 4) is 5.75 Å². The molecule has 0 radical (unpaired) electrons. The zero-order chi connectivity index (χ0) is 13.4. The molecule has 0 atom stereocenters. The van der Waals surface area contributed by atoms with E-state index < -0.39 is 5.91 Å². The highest BCUT2D eigenvalue weighted by atomic mass is 16.5. The van der Waals surface area contributed by atoms with Crippen molar-refractivity contribution in [2.45, 2.75) is 13.5 Å². The number of methoxy groups -OCH3 is 1. The van der Waals surface area contributed by atoms with Crippen LogP contribution in [0.1, 0.15) is 11.1 Å². The number of carbonyl (C=O) groups is 1. The number of rotatable bonds is 8. The number of benzene rings is 1. The van der Waals surface area contributed by atoms with Gasteiger partial charge in [0, 0.05) is 13.1 Å². The number of hydrogen-bond donors (Lipinski definition) is 2. The van der Waals surface area contributed by atoms with E-state index in [2.05, 4.69) is 11.4 Å². The first-order valence-corrected chi connectivity index (χ1v) is 5.83. The summed E-state index contributed by atoms with van der Waals surface area (Å²) in [6.45, 7) is 3.89. The minimum Gasteiger partial charge on any atom is -0.496 e. The van der Waals surface area contributed by atoms with Gasteiger partial charge in [-0.2, -0.15) is 0 Å². The molecule has 0 unspecified atom stereocenters. The average Bonchev–Trinajstić information content (AvgIpc) is 2.33. The van der Waals surface area contributed by atoms with E-state index >= 15 is 0 Å². The van der Waals surface area contributed by atoms with Gasteiger partial charge in [0.25, 0.3) is 0 Å². The van der Waals surface area contributed by atoms with Gasteiger partial charge >= 0.3 is 0 Å². The van der Waals surface area contributed by atoms with Gasteiger partial charge in [-0.3, -0.25) is 4.79 Å². The molecule has 1 amide bonds. The smallest absolute Gasteiger partial charge is 0.243 e. The molecule has 0 fully saturated rings. The van der Waals surface area contributed by atoms with Crippen molar-refractivity contribution in [2.24, 2.45) is 5.73 Å². The summed E-state index contributed by atoms with van der Waals surface area (Å²) >= 11 is 0. The highest BCUT2D eigenvalue weighted by molar-refractivity contribution is 5.74. The third-order valence-electron chi connectivity index (χ3n) is 2.46. The van der Waals surface area contributed by atoms with Crippen molar-refractivity contribution in [3.05, 3.63) is 29.3 Å². The minimum atomic E-state index is -0.444. The molecule has 5 heteroatoms. The molecule has 0 heterocycles. The van der Waals surface area contributed by atoms with E-state index in [1.54, 1.807) is 7.11 Å². The van der Waals surface area contributed by atoms with Crippen LogP contribution in [-0.4, -0.2) is 32.8 Å². The third-order valence-corrected chi connectivity index (χ3v) is 2.46. The molecule has 0 aliphatic carbocycles. The maximum atomic E-state index is 10.4. The van der Waals surface area contributed by atoms with E-state index in [4.69, 9.17) is 15.2 Å². The van der Waals surface area contributed by atoms with Crippen molar-refractivity contribution in [3.63, 3.8) is 0 Å². The van der Waals surface area contributed by atoms with Gasteiger partial charge < -0.3 is 20.5 Å². The summed E-state index contributed by atoms with van der Waals surface area (Å²) in [4.78, 5) is 10.4. The lowest BCUT2D eigenvalue weighted by Gasteiger charge is -2.08. The second-order valence-corrected chi connectivity index (χ2v) is 4.00. The number of nitrogens with one attached hydrogen (secondary N) is 1. The monoisotopic (exact) mass is 252 g/mol. The van der Waals surface area contributed by atoms with Crippen LogP contribution in [0.5, 0.6) is 5.75 Å². The number of hydrogen-bond acceptors (Lipinski definition) is 4. The predicted octanol–water partition coefficient (Wildman–Crippen LogP) is 0.595. The molecule has 1 aromatic rings. The Labute approximate surface area is 107 Å². The molecule has 0 aliphatic rings. The lowest BCUT2D eigenvalue weighted by atomic mass is 10.1. The van der Waals surface area contributed by atoms with Crippen LogP contribution in [0, 0.1) is 6.92 Å². The molecule has 0 saturated heterocycles. The maximum Gasteiger partial charge on any atom is 0.243 e. The fourth-order valence-electron chi connectivity index (χ4n) is 1.60. The van der Waals surface area contributed by atoms with E-state index in [0.29, 0.717) is 13.2 Å². The van der Waals surface area contributed by atoms with Crippen LogP contribution in [0.15, 0.2) is 18.2 Å². The molecular formula is C13H20N2O3. The lowest BCUT2D eigenvalue weighted by Crippen LogP contribution is -2.23. The van der Waals surface area contributed by atoms with Gasteiger partial charge in [0.15, 0.2) is 0 Å². The zero-order valence-electron chi connectivity index (χ0n) is 10.9. The van der Waals surface area contributed by atoms with Crippen LogP contribution in [0.4, 0.5) is 0 Å². The average molecular weight is 252 g/mol. The quantitative estimate of drug-likeness (QED) is 0.664. The molecule has 0 saturated carbocycles. The van der Waals surface area contributed by atoms with Crippen molar-refractivity contribution in [1.82, 2.24) is 5.32 Å². The van der Waals surface area contributed by atoms with Crippen LogP contribution >= 0.6 is 0 Å². The Hall–Kier alpha value is -1.59. The second-order valence-electron chi connectivity index (χ2n) is 4.00. The zero-order valence-corrected chi connectivity index (χ0v) is 10.9. The first-order valence-electron chi connectivity index (χ1n) is 5.83. The van der Waals surface area contributed by atoms with Crippen molar-refractivity contribution in [1.29, 1.82) is 0 Å². The number of ether oxygens (including phenoxy) is 2. The molecule has 1 rings (SSSR count). The SMILES string of the molecule is COc1ccc(CNCCOCC(N)=O)cc1C. The number of aryl methyl sites for hydroxylation is 1. The summed E-state index contributed by atoms with van der Waals surface area (Å²) in [7, 11) is 1.66. The molecule has 0 spiro atoms. The van der Waals surface area contributed by atoms with Gasteiger partial charge in [-0.25, -0.2) is 0 Å². The summed E-state index contributed by atoms with van der Waals surface area (Å²) < 4.78 is 10.2. The maximum absolute atomic E-state index is 10.4. The Morgan fingerprint density at radius 1 is 1.44 bits per heavy atom.